The highest BCUT2D eigenvalue weighted by atomic mass is 16.5. The van der Waals surface area contributed by atoms with E-state index in [4.69, 9.17) is 14.2 Å². The zero-order chi connectivity index (χ0) is 19.2. The van der Waals surface area contributed by atoms with E-state index in [9.17, 15) is 4.79 Å². The van der Waals surface area contributed by atoms with Gasteiger partial charge in [0, 0.05) is 23.8 Å². The average molecular weight is 366 g/mol. The molecule has 0 spiro atoms. The molecule has 0 aliphatic carbocycles. The monoisotopic (exact) mass is 366 g/mol. The lowest BCUT2D eigenvalue weighted by atomic mass is 10.1. The Balaban J connectivity index is 1.92. The smallest absolute Gasteiger partial charge is 0.341 e. The largest absolute Gasteiger partial charge is 0.496 e. The second-order valence-corrected chi connectivity index (χ2v) is 5.62. The Morgan fingerprint density at radius 3 is 2.44 bits per heavy atom. The van der Waals surface area contributed by atoms with E-state index in [1.807, 2.05) is 41.7 Å². The number of hydrogen-bond acceptors (Lipinski definition) is 6. The minimum Gasteiger partial charge on any atom is -0.496 e. The summed E-state index contributed by atoms with van der Waals surface area (Å²) in [5.74, 6) is 1.43. The lowest BCUT2D eigenvalue weighted by Gasteiger charge is -2.09. The van der Waals surface area contributed by atoms with Gasteiger partial charge >= 0.3 is 5.97 Å². The topological polar surface area (TPSA) is 87.2 Å². The Kier molecular flexibility index (Phi) is 5.63. The Bertz CT molecular complexity index is 959. The van der Waals surface area contributed by atoms with Gasteiger partial charge in [0.1, 0.15) is 29.1 Å². The van der Waals surface area contributed by atoms with Crippen molar-refractivity contribution in [1.29, 1.82) is 0 Å². The summed E-state index contributed by atoms with van der Waals surface area (Å²) in [6, 6.07) is 14.8. The highest BCUT2D eigenvalue weighted by molar-refractivity contribution is 5.93. The molecule has 0 unspecified atom stereocenters. The molecule has 138 valence electrons. The number of aromatic nitrogens is 2. The van der Waals surface area contributed by atoms with Crippen molar-refractivity contribution in [2.24, 2.45) is 0 Å². The van der Waals surface area contributed by atoms with Crippen LogP contribution in [0.3, 0.4) is 0 Å². The molecule has 0 aliphatic rings. The van der Waals surface area contributed by atoms with E-state index in [2.05, 4.69) is 9.97 Å². The van der Waals surface area contributed by atoms with Crippen molar-refractivity contribution in [2.75, 3.05) is 21.3 Å². The summed E-state index contributed by atoms with van der Waals surface area (Å²) in [6.45, 7) is 0. The third-order valence-corrected chi connectivity index (χ3v) is 4.01. The highest BCUT2D eigenvalue weighted by Crippen LogP contribution is 2.28. The number of benzene rings is 2. The number of rotatable bonds is 6. The fraction of sp³-hybridized carbons (Fsp3) is 0.150. The molecule has 2 N–H and O–H groups in total. The van der Waals surface area contributed by atoms with Gasteiger partial charge < -0.3 is 14.2 Å². The molecule has 0 aliphatic heterocycles. The highest BCUT2D eigenvalue weighted by Gasteiger charge is 2.16. The van der Waals surface area contributed by atoms with Crippen molar-refractivity contribution in [3.05, 3.63) is 60.4 Å². The Labute approximate surface area is 156 Å². The van der Waals surface area contributed by atoms with Crippen LogP contribution in [0.5, 0.6) is 11.5 Å². The number of nitrogens with two attached hydrogens (primary N) is 1. The van der Waals surface area contributed by atoms with Crippen LogP contribution in [0.25, 0.3) is 11.3 Å². The predicted molar refractivity (Wildman–Crippen MR) is 99.6 cm³/mol. The van der Waals surface area contributed by atoms with Crippen LogP contribution in [-0.2, 0) is 4.74 Å². The standard InChI is InChI=1S/C20H19N3O4/c1-25-17-7-5-4-6-14(17)16-11-19(22-12-21-16)23-13-8-9-18(26-2)15(10-13)20(24)27-3/h4-12H,1-3H3,(H,21,22,23)/p+1. The Hall–Kier alpha value is -3.45. The molecule has 0 bridgehead atoms. The summed E-state index contributed by atoms with van der Waals surface area (Å²) >= 11 is 0. The second-order valence-electron chi connectivity index (χ2n) is 5.62. The summed E-state index contributed by atoms with van der Waals surface area (Å²) in [7, 11) is 4.47. The quantitative estimate of drug-likeness (QED) is 0.533. The molecule has 1 heterocycles. The molecule has 0 fully saturated rings. The van der Waals surface area contributed by atoms with Gasteiger partial charge in [-0.15, -0.1) is 0 Å². The van der Waals surface area contributed by atoms with Gasteiger partial charge in [0.15, 0.2) is 0 Å². The first-order chi connectivity index (χ1) is 13.2. The first kappa shape index (κ1) is 18.3. The average Bonchev–Trinajstić information content (AvgIpc) is 2.73. The van der Waals surface area contributed by atoms with Gasteiger partial charge in [-0.25, -0.2) is 9.78 Å². The maximum Gasteiger partial charge on any atom is 0.341 e. The Morgan fingerprint density at radius 1 is 0.926 bits per heavy atom. The van der Waals surface area contributed by atoms with E-state index in [0.717, 1.165) is 22.7 Å². The van der Waals surface area contributed by atoms with Crippen LogP contribution in [0, 0.1) is 0 Å². The summed E-state index contributed by atoms with van der Waals surface area (Å²) in [5.41, 5.74) is 2.77. The maximum atomic E-state index is 12.0. The number of quaternary nitrogens is 1. The van der Waals surface area contributed by atoms with Crippen molar-refractivity contribution in [1.82, 2.24) is 9.97 Å². The molecule has 27 heavy (non-hydrogen) atoms. The molecule has 2 aromatic carbocycles. The fourth-order valence-electron chi connectivity index (χ4n) is 2.71. The molecule has 0 saturated carbocycles. The number of hydrogen-bond donors (Lipinski definition) is 1. The van der Waals surface area contributed by atoms with Crippen LogP contribution in [0.4, 0.5) is 11.5 Å². The normalized spacial score (nSPS) is 10.3. The van der Waals surface area contributed by atoms with Gasteiger partial charge in [-0.3, -0.25) is 5.32 Å². The van der Waals surface area contributed by atoms with E-state index in [1.165, 1.54) is 20.5 Å². The summed E-state index contributed by atoms with van der Waals surface area (Å²) < 4.78 is 15.4. The minimum atomic E-state index is -0.459. The molecule has 3 aromatic rings. The summed E-state index contributed by atoms with van der Waals surface area (Å²) in [6.07, 6.45) is 1.50. The van der Waals surface area contributed by atoms with Gasteiger partial charge in [0.2, 0.25) is 5.82 Å². The van der Waals surface area contributed by atoms with Crippen LogP contribution in [-0.4, -0.2) is 37.3 Å². The molecular formula is C20H20N3O4+. The fourth-order valence-corrected chi connectivity index (χ4v) is 2.71. The molecule has 0 saturated heterocycles. The summed E-state index contributed by atoms with van der Waals surface area (Å²) in [5, 5.41) is 1.85. The van der Waals surface area contributed by atoms with Crippen LogP contribution in [0.15, 0.2) is 54.9 Å². The zero-order valence-electron chi connectivity index (χ0n) is 15.3. The van der Waals surface area contributed by atoms with E-state index in [1.54, 1.807) is 19.2 Å². The summed E-state index contributed by atoms with van der Waals surface area (Å²) in [4.78, 5) is 20.6. The van der Waals surface area contributed by atoms with Crippen molar-refractivity contribution >= 4 is 17.5 Å². The van der Waals surface area contributed by atoms with Gasteiger partial charge in [0.25, 0.3) is 0 Å². The molecule has 7 nitrogen and oxygen atoms in total. The molecule has 3 rings (SSSR count). The van der Waals surface area contributed by atoms with E-state index >= 15 is 0 Å². The van der Waals surface area contributed by atoms with E-state index in [-0.39, 0.29) is 0 Å². The van der Waals surface area contributed by atoms with Crippen LogP contribution in [0.2, 0.25) is 0 Å². The van der Waals surface area contributed by atoms with E-state index < -0.39 is 5.97 Å². The number of para-hydroxylation sites is 1. The number of nitrogens with zero attached hydrogens (tertiary/aromatic N) is 2. The van der Waals surface area contributed by atoms with Crippen molar-refractivity contribution in [3.8, 4) is 22.8 Å². The van der Waals surface area contributed by atoms with Crippen LogP contribution >= 0.6 is 0 Å². The molecular weight excluding hydrogens is 346 g/mol. The number of carbonyl (C=O) groups excluding carboxylic acids is 1. The number of methoxy groups -OCH3 is 3. The molecule has 0 amide bonds. The van der Waals surface area contributed by atoms with Gasteiger partial charge in [0.05, 0.1) is 27.0 Å². The van der Waals surface area contributed by atoms with Gasteiger partial charge in [-0.05, 0) is 18.2 Å². The molecule has 0 radical (unpaired) electrons. The predicted octanol–water partition coefficient (Wildman–Crippen LogP) is 2.47. The Morgan fingerprint density at radius 2 is 1.70 bits per heavy atom. The van der Waals surface area contributed by atoms with Crippen molar-refractivity contribution < 1.29 is 24.3 Å². The lowest BCUT2D eigenvalue weighted by Crippen LogP contribution is -2.71. The maximum absolute atomic E-state index is 12.0. The van der Waals surface area contributed by atoms with Crippen molar-refractivity contribution in [3.63, 3.8) is 0 Å². The number of esters is 1. The van der Waals surface area contributed by atoms with Gasteiger partial charge in [-0.1, -0.05) is 12.1 Å². The van der Waals surface area contributed by atoms with E-state index in [0.29, 0.717) is 17.1 Å². The molecule has 1 aromatic heterocycles. The SMILES string of the molecule is COC(=O)c1cc([NH2+]c2cc(-c3ccccc3OC)ncn2)ccc1OC. The molecule has 0 atom stereocenters. The first-order valence-electron chi connectivity index (χ1n) is 8.22. The number of carbonyl (C=O) groups is 1. The minimum absolute atomic E-state index is 0.354. The zero-order valence-corrected chi connectivity index (χ0v) is 15.3. The third-order valence-electron chi connectivity index (χ3n) is 4.01. The lowest BCUT2D eigenvalue weighted by molar-refractivity contribution is -0.483. The van der Waals surface area contributed by atoms with Crippen LogP contribution < -0.4 is 14.8 Å². The second kappa shape index (κ2) is 8.29. The van der Waals surface area contributed by atoms with Crippen LogP contribution in [0.1, 0.15) is 10.4 Å². The molecule has 7 heteroatoms. The number of ether oxygens (including phenoxy) is 3. The third kappa shape index (κ3) is 4.04. The van der Waals surface area contributed by atoms with Gasteiger partial charge in [-0.2, -0.15) is 4.98 Å². The van der Waals surface area contributed by atoms with Crippen molar-refractivity contribution in [2.45, 2.75) is 0 Å². The first-order valence-corrected chi connectivity index (χ1v) is 8.22.